The molecule has 0 amide bonds. The fourth-order valence-electron chi connectivity index (χ4n) is 4.76. The number of aliphatic hydroxyl groups excluding tert-OH is 1. The van der Waals surface area contributed by atoms with Gasteiger partial charge in [0.1, 0.15) is 0 Å². The van der Waals surface area contributed by atoms with Gasteiger partial charge in [0.05, 0.1) is 6.61 Å². The average molecular weight is 509 g/mol. The number of aliphatic hydroxyl groups is 1. The highest BCUT2D eigenvalue weighted by atomic mass is 16.5. The van der Waals surface area contributed by atoms with Gasteiger partial charge in [-0.3, -0.25) is 4.79 Å². The minimum Gasteiger partial charge on any atom is -0.466 e. The molecule has 0 aliphatic heterocycles. The predicted molar refractivity (Wildman–Crippen MR) is 158 cm³/mol. The van der Waals surface area contributed by atoms with Gasteiger partial charge < -0.3 is 9.84 Å². The normalized spacial score (nSPS) is 11.5. The first-order valence-corrected chi connectivity index (χ1v) is 16.2. The number of carbonyl (C=O) groups is 1. The van der Waals surface area contributed by atoms with Crippen molar-refractivity contribution in [3.8, 4) is 0 Å². The molecule has 3 heteroatoms. The van der Waals surface area contributed by atoms with Gasteiger partial charge in [0.25, 0.3) is 0 Å². The van der Waals surface area contributed by atoms with E-state index in [-0.39, 0.29) is 5.97 Å². The number of allylic oxidation sites excluding steroid dienone is 2. The third-order valence-electron chi connectivity index (χ3n) is 7.21. The van der Waals surface area contributed by atoms with Crippen molar-refractivity contribution in [3.05, 3.63) is 12.2 Å². The third kappa shape index (κ3) is 31.2. The fourth-order valence-corrected chi connectivity index (χ4v) is 4.76. The van der Waals surface area contributed by atoms with Crippen molar-refractivity contribution in [2.45, 2.75) is 180 Å². The van der Waals surface area contributed by atoms with Crippen molar-refractivity contribution in [2.24, 2.45) is 0 Å². The van der Waals surface area contributed by atoms with Crippen LogP contribution in [-0.4, -0.2) is 24.3 Å². The maximum absolute atomic E-state index is 11.9. The van der Waals surface area contributed by atoms with Crippen LogP contribution >= 0.6 is 0 Å². The summed E-state index contributed by atoms with van der Waals surface area (Å²) in [4.78, 5) is 11.9. The van der Waals surface area contributed by atoms with Gasteiger partial charge in [-0.1, -0.05) is 141 Å². The summed E-state index contributed by atoms with van der Waals surface area (Å²) in [5.41, 5.74) is 0. The molecule has 0 saturated heterocycles. The first kappa shape index (κ1) is 35.2. The number of esters is 1. The van der Waals surface area contributed by atoms with E-state index < -0.39 is 0 Å². The number of ether oxygens (including phenoxy) is 1. The molecular formula is C33H64O3. The molecule has 0 aromatic rings. The lowest BCUT2D eigenvalue weighted by molar-refractivity contribution is -0.143. The van der Waals surface area contributed by atoms with Crippen LogP contribution in [0.3, 0.4) is 0 Å². The zero-order chi connectivity index (χ0) is 26.2. The Balaban J connectivity index is 3.19. The molecule has 0 aromatic carbocycles. The molecule has 1 N–H and O–H groups in total. The standard InChI is InChI=1S/C33H64O3/c1-2-3-4-5-6-7-8-9-10-12-15-18-21-24-27-30-33(35)36-32-29-26-23-20-17-14-11-13-16-19-22-25-28-31-34/h9-10,34H,2-8,11-32H2,1H3/b10-9-. The van der Waals surface area contributed by atoms with E-state index >= 15 is 0 Å². The van der Waals surface area contributed by atoms with Crippen LogP contribution < -0.4 is 0 Å². The largest absolute Gasteiger partial charge is 0.466 e. The van der Waals surface area contributed by atoms with E-state index in [4.69, 9.17) is 9.84 Å². The molecule has 0 atom stereocenters. The Labute approximate surface area is 226 Å². The highest BCUT2D eigenvalue weighted by Gasteiger charge is 2.02. The van der Waals surface area contributed by atoms with Crippen molar-refractivity contribution < 1.29 is 14.6 Å². The molecule has 0 bridgehead atoms. The Morgan fingerprint density at radius 3 is 1.39 bits per heavy atom. The predicted octanol–water partition coefficient (Wildman–Crippen LogP) is 10.6. The minimum atomic E-state index is 0.00369. The molecule has 0 saturated carbocycles. The maximum Gasteiger partial charge on any atom is 0.305 e. The van der Waals surface area contributed by atoms with Crippen LogP contribution in [0, 0.1) is 0 Å². The highest BCUT2D eigenvalue weighted by Crippen LogP contribution is 2.13. The average Bonchev–Trinajstić information content (AvgIpc) is 2.88. The minimum absolute atomic E-state index is 0.00369. The van der Waals surface area contributed by atoms with Crippen LogP contribution in [0.15, 0.2) is 12.2 Å². The van der Waals surface area contributed by atoms with Crippen LogP contribution in [0.2, 0.25) is 0 Å². The lowest BCUT2D eigenvalue weighted by Gasteiger charge is -2.05. The summed E-state index contributed by atoms with van der Waals surface area (Å²) in [5.74, 6) is 0.00369. The van der Waals surface area contributed by atoms with Crippen LogP contribution in [0.4, 0.5) is 0 Å². The van der Waals surface area contributed by atoms with Crippen molar-refractivity contribution in [3.63, 3.8) is 0 Å². The maximum atomic E-state index is 11.9. The second-order valence-electron chi connectivity index (χ2n) is 10.9. The molecule has 0 unspecified atom stereocenters. The van der Waals surface area contributed by atoms with E-state index in [0.29, 0.717) is 19.6 Å². The second kappa shape index (κ2) is 32.2. The van der Waals surface area contributed by atoms with Crippen LogP contribution in [0.5, 0.6) is 0 Å². The zero-order valence-electron chi connectivity index (χ0n) is 24.4. The van der Waals surface area contributed by atoms with Gasteiger partial charge in [-0.15, -0.1) is 0 Å². The molecule has 0 aromatic heterocycles. The van der Waals surface area contributed by atoms with Gasteiger partial charge in [0.2, 0.25) is 0 Å². The summed E-state index contributed by atoms with van der Waals surface area (Å²) >= 11 is 0. The van der Waals surface area contributed by atoms with Gasteiger partial charge in [-0.05, 0) is 44.9 Å². The molecule has 0 fully saturated rings. The number of hydrogen-bond donors (Lipinski definition) is 1. The molecule has 0 heterocycles. The molecule has 0 rings (SSSR count). The topological polar surface area (TPSA) is 46.5 Å². The summed E-state index contributed by atoms with van der Waals surface area (Å²) < 4.78 is 5.41. The first-order valence-electron chi connectivity index (χ1n) is 16.2. The molecule has 3 nitrogen and oxygen atoms in total. The highest BCUT2D eigenvalue weighted by molar-refractivity contribution is 5.69. The van der Waals surface area contributed by atoms with E-state index in [1.807, 2.05) is 0 Å². The van der Waals surface area contributed by atoms with Crippen LogP contribution in [0.1, 0.15) is 180 Å². The number of carbonyl (C=O) groups excluding carboxylic acids is 1. The first-order chi connectivity index (χ1) is 17.8. The van der Waals surface area contributed by atoms with Gasteiger partial charge in [0, 0.05) is 13.0 Å². The van der Waals surface area contributed by atoms with E-state index in [9.17, 15) is 4.79 Å². The van der Waals surface area contributed by atoms with E-state index in [1.54, 1.807) is 0 Å². The number of hydrogen-bond acceptors (Lipinski definition) is 3. The van der Waals surface area contributed by atoms with Crippen molar-refractivity contribution in [2.75, 3.05) is 13.2 Å². The Morgan fingerprint density at radius 1 is 0.528 bits per heavy atom. The van der Waals surface area contributed by atoms with E-state index in [1.165, 1.54) is 141 Å². The summed E-state index contributed by atoms with van der Waals surface area (Å²) in [6.07, 6.45) is 38.4. The second-order valence-corrected chi connectivity index (χ2v) is 10.9. The Bertz CT molecular complexity index is 446. The lowest BCUT2D eigenvalue weighted by atomic mass is 10.0. The SMILES string of the molecule is CCCCCCCC/C=C\CCCCCCCC(=O)OCCCCCCCCCCCCCCCO. The summed E-state index contributed by atoms with van der Waals surface area (Å²) in [7, 11) is 0. The summed E-state index contributed by atoms with van der Waals surface area (Å²) in [5, 5.41) is 8.76. The fraction of sp³-hybridized carbons (Fsp3) is 0.909. The molecule has 0 aliphatic rings. The van der Waals surface area contributed by atoms with Crippen molar-refractivity contribution >= 4 is 5.97 Å². The van der Waals surface area contributed by atoms with Gasteiger partial charge in [-0.25, -0.2) is 0 Å². The molecule has 0 radical (unpaired) electrons. The van der Waals surface area contributed by atoms with Crippen LogP contribution in [0.25, 0.3) is 0 Å². The quantitative estimate of drug-likeness (QED) is 0.0596. The summed E-state index contributed by atoms with van der Waals surface area (Å²) in [6.45, 7) is 3.23. The van der Waals surface area contributed by atoms with E-state index in [0.717, 1.165) is 25.7 Å². The third-order valence-corrected chi connectivity index (χ3v) is 7.21. The number of rotatable bonds is 30. The van der Waals surface area contributed by atoms with Crippen molar-refractivity contribution in [1.29, 1.82) is 0 Å². The molecule has 214 valence electrons. The molecule has 36 heavy (non-hydrogen) atoms. The lowest BCUT2D eigenvalue weighted by Crippen LogP contribution is -2.05. The van der Waals surface area contributed by atoms with Crippen LogP contribution in [-0.2, 0) is 9.53 Å². The Kier molecular flexibility index (Phi) is 31.5. The molecule has 0 aliphatic carbocycles. The molecular weight excluding hydrogens is 444 g/mol. The summed E-state index contributed by atoms with van der Waals surface area (Å²) in [6, 6.07) is 0. The number of unbranched alkanes of at least 4 members (excludes halogenated alkanes) is 23. The monoisotopic (exact) mass is 508 g/mol. The van der Waals surface area contributed by atoms with Gasteiger partial charge in [0.15, 0.2) is 0 Å². The smallest absolute Gasteiger partial charge is 0.305 e. The van der Waals surface area contributed by atoms with Crippen molar-refractivity contribution in [1.82, 2.24) is 0 Å². The zero-order valence-corrected chi connectivity index (χ0v) is 24.4. The van der Waals surface area contributed by atoms with E-state index in [2.05, 4.69) is 19.1 Å². The Morgan fingerprint density at radius 2 is 0.917 bits per heavy atom. The van der Waals surface area contributed by atoms with Gasteiger partial charge >= 0.3 is 5.97 Å². The Hall–Kier alpha value is -0.830. The van der Waals surface area contributed by atoms with Gasteiger partial charge in [-0.2, -0.15) is 0 Å². The molecule has 0 spiro atoms.